The molecule has 0 spiro atoms. The molecule has 0 saturated carbocycles. The van der Waals surface area contributed by atoms with Crippen LogP contribution in [0.4, 0.5) is 4.39 Å². The number of hydrogen-bond acceptors (Lipinski definition) is 3. The van der Waals surface area contributed by atoms with Crippen molar-refractivity contribution >= 4 is 11.9 Å². The summed E-state index contributed by atoms with van der Waals surface area (Å²) in [7, 11) is 0. The van der Waals surface area contributed by atoms with Crippen LogP contribution in [0.25, 0.3) is 11.3 Å². The molecule has 6 nitrogen and oxygen atoms in total. The predicted molar refractivity (Wildman–Crippen MR) is 82.3 cm³/mol. The van der Waals surface area contributed by atoms with Crippen LogP contribution in [0.2, 0.25) is 0 Å². The smallest absolute Gasteiger partial charge is 0.326 e. The third kappa shape index (κ3) is 4.15. The summed E-state index contributed by atoms with van der Waals surface area (Å²) in [5.41, 5.74) is 1.22. The van der Waals surface area contributed by atoms with Gasteiger partial charge in [-0.2, -0.15) is 5.10 Å². The monoisotopic (exact) mass is 319 g/mol. The largest absolute Gasteiger partial charge is 0.480 e. The number of nitrogens with zero attached hydrogens (tertiary/aromatic N) is 1. The maximum atomic E-state index is 13.0. The van der Waals surface area contributed by atoms with Crippen molar-refractivity contribution in [1.29, 1.82) is 0 Å². The third-order valence-electron chi connectivity index (χ3n) is 3.33. The van der Waals surface area contributed by atoms with Crippen molar-refractivity contribution in [3.63, 3.8) is 0 Å². The van der Waals surface area contributed by atoms with E-state index in [1.165, 1.54) is 30.5 Å². The number of halogens is 1. The second-order valence-corrected chi connectivity index (χ2v) is 5.66. The second kappa shape index (κ2) is 7.04. The van der Waals surface area contributed by atoms with Crippen LogP contribution in [0.5, 0.6) is 0 Å². The van der Waals surface area contributed by atoms with Crippen LogP contribution in [0.1, 0.15) is 30.6 Å². The fraction of sp³-hybridized carbons (Fsp3) is 0.312. The Morgan fingerprint density at radius 3 is 2.52 bits per heavy atom. The van der Waals surface area contributed by atoms with Crippen LogP contribution in [0.3, 0.4) is 0 Å². The van der Waals surface area contributed by atoms with Crippen LogP contribution in [-0.2, 0) is 4.79 Å². The minimum Gasteiger partial charge on any atom is -0.480 e. The summed E-state index contributed by atoms with van der Waals surface area (Å²) in [5, 5.41) is 18.2. The molecule has 1 aromatic heterocycles. The second-order valence-electron chi connectivity index (χ2n) is 5.66. The van der Waals surface area contributed by atoms with Gasteiger partial charge in [-0.3, -0.25) is 9.89 Å². The Morgan fingerprint density at radius 1 is 1.30 bits per heavy atom. The average Bonchev–Trinajstić information content (AvgIpc) is 2.96. The first-order chi connectivity index (χ1) is 10.9. The number of rotatable bonds is 6. The molecule has 1 aromatic carbocycles. The number of aliphatic carboxylic acids is 1. The van der Waals surface area contributed by atoms with E-state index in [1.807, 2.05) is 13.8 Å². The summed E-state index contributed by atoms with van der Waals surface area (Å²) in [6, 6.07) is 4.61. The van der Waals surface area contributed by atoms with Crippen molar-refractivity contribution < 1.29 is 19.1 Å². The van der Waals surface area contributed by atoms with Crippen molar-refractivity contribution in [1.82, 2.24) is 15.5 Å². The van der Waals surface area contributed by atoms with E-state index in [0.717, 1.165) is 0 Å². The Hall–Kier alpha value is -2.70. The zero-order valence-corrected chi connectivity index (χ0v) is 12.8. The van der Waals surface area contributed by atoms with Gasteiger partial charge in [-0.15, -0.1) is 0 Å². The molecule has 0 aliphatic carbocycles. The standard InChI is InChI=1S/C16H18FN3O3/c1-9(2)7-13(16(22)23)19-15(21)12-8-18-20-14(12)10-3-5-11(17)6-4-10/h3-6,8-9,13H,7H2,1-2H3,(H,18,20)(H,19,21)(H,22,23)/t13-/m1/s1. The number of benzene rings is 1. The number of carbonyl (C=O) groups excluding carboxylic acids is 1. The zero-order valence-electron chi connectivity index (χ0n) is 12.8. The number of aromatic amines is 1. The molecule has 7 heteroatoms. The molecule has 122 valence electrons. The average molecular weight is 319 g/mol. The van der Waals surface area contributed by atoms with Crippen LogP contribution in [0.15, 0.2) is 30.5 Å². The van der Waals surface area contributed by atoms with Gasteiger partial charge in [-0.05, 0) is 36.6 Å². The molecule has 0 saturated heterocycles. The van der Waals surface area contributed by atoms with Gasteiger partial charge in [0.1, 0.15) is 11.9 Å². The van der Waals surface area contributed by atoms with Crippen LogP contribution >= 0.6 is 0 Å². The maximum absolute atomic E-state index is 13.0. The van der Waals surface area contributed by atoms with Crippen molar-refractivity contribution in [3.8, 4) is 11.3 Å². The molecule has 1 atom stereocenters. The molecule has 1 heterocycles. The van der Waals surface area contributed by atoms with Gasteiger partial charge in [0.2, 0.25) is 0 Å². The summed E-state index contributed by atoms with van der Waals surface area (Å²) in [4.78, 5) is 23.6. The Labute approximate surface area is 132 Å². The van der Waals surface area contributed by atoms with Crippen molar-refractivity contribution in [2.24, 2.45) is 5.92 Å². The molecule has 23 heavy (non-hydrogen) atoms. The quantitative estimate of drug-likeness (QED) is 0.762. The Balaban J connectivity index is 2.22. The first-order valence-corrected chi connectivity index (χ1v) is 7.21. The molecule has 0 bridgehead atoms. The van der Waals surface area contributed by atoms with E-state index < -0.39 is 17.9 Å². The van der Waals surface area contributed by atoms with Gasteiger partial charge < -0.3 is 10.4 Å². The summed E-state index contributed by atoms with van der Waals surface area (Å²) in [6.45, 7) is 3.76. The van der Waals surface area contributed by atoms with Gasteiger partial charge in [0, 0.05) is 5.56 Å². The molecule has 1 amide bonds. The van der Waals surface area contributed by atoms with Gasteiger partial charge in [0.05, 0.1) is 17.5 Å². The van der Waals surface area contributed by atoms with Crippen molar-refractivity contribution in [2.45, 2.75) is 26.3 Å². The molecular weight excluding hydrogens is 301 g/mol. The van der Waals surface area contributed by atoms with Gasteiger partial charge in [-0.25, -0.2) is 9.18 Å². The third-order valence-corrected chi connectivity index (χ3v) is 3.33. The Morgan fingerprint density at radius 2 is 1.96 bits per heavy atom. The summed E-state index contributed by atoms with van der Waals surface area (Å²) < 4.78 is 13.0. The number of nitrogens with one attached hydrogen (secondary N) is 2. The topological polar surface area (TPSA) is 95.1 Å². The fourth-order valence-corrected chi connectivity index (χ4v) is 2.22. The van der Waals surface area contributed by atoms with Crippen LogP contribution in [-0.4, -0.2) is 33.2 Å². The van der Waals surface area contributed by atoms with Crippen molar-refractivity contribution in [3.05, 3.63) is 41.8 Å². The highest BCUT2D eigenvalue weighted by atomic mass is 19.1. The number of aromatic nitrogens is 2. The van der Waals surface area contributed by atoms with E-state index in [2.05, 4.69) is 15.5 Å². The molecule has 2 aromatic rings. The molecule has 3 N–H and O–H groups in total. The van der Waals surface area contributed by atoms with E-state index in [1.54, 1.807) is 0 Å². The van der Waals surface area contributed by atoms with Gasteiger partial charge in [0.15, 0.2) is 0 Å². The number of H-pyrrole nitrogens is 1. The van der Waals surface area contributed by atoms with Crippen LogP contribution < -0.4 is 5.32 Å². The normalized spacial score (nSPS) is 12.2. The van der Waals surface area contributed by atoms with E-state index >= 15 is 0 Å². The lowest BCUT2D eigenvalue weighted by Crippen LogP contribution is -2.41. The molecule has 0 aliphatic heterocycles. The molecule has 0 fully saturated rings. The lowest BCUT2D eigenvalue weighted by atomic mass is 10.0. The highest BCUT2D eigenvalue weighted by Gasteiger charge is 2.24. The lowest BCUT2D eigenvalue weighted by molar-refractivity contribution is -0.139. The Bertz CT molecular complexity index is 695. The zero-order chi connectivity index (χ0) is 17.0. The number of carboxylic acids is 1. The summed E-state index contributed by atoms with van der Waals surface area (Å²) >= 11 is 0. The summed E-state index contributed by atoms with van der Waals surface area (Å²) in [6.07, 6.45) is 1.65. The molecule has 0 aliphatic rings. The highest BCUT2D eigenvalue weighted by molar-refractivity contribution is 6.01. The van der Waals surface area contributed by atoms with Crippen LogP contribution in [0, 0.1) is 11.7 Å². The van der Waals surface area contributed by atoms with E-state index in [-0.39, 0.29) is 17.3 Å². The van der Waals surface area contributed by atoms with Crippen molar-refractivity contribution in [2.75, 3.05) is 0 Å². The van der Waals surface area contributed by atoms with E-state index in [9.17, 15) is 19.1 Å². The first-order valence-electron chi connectivity index (χ1n) is 7.21. The number of hydrogen-bond donors (Lipinski definition) is 3. The number of carboxylic acid groups (broad SMARTS) is 1. The molecule has 2 rings (SSSR count). The van der Waals surface area contributed by atoms with E-state index in [0.29, 0.717) is 17.7 Å². The van der Waals surface area contributed by atoms with Gasteiger partial charge >= 0.3 is 5.97 Å². The molecule has 0 unspecified atom stereocenters. The van der Waals surface area contributed by atoms with E-state index in [4.69, 9.17) is 0 Å². The molecule has 0 radical (unpaired) electrons. The minimum absolute atomic E-state index is 0.123. The van der Waals surface area contributed by atoms with Gasteiger partial charge in [-0.1, -0.05) is 13.8 Å². The highest BCUT2D eigenvalue weighted by Crippen LogP contribution is 2.21. The Kier molecular flexibility index (Phi) is 5.10. The SMILES string of the molecule is CC(C)C[C@@H](NC(=O)c1cn[nH]c1-c1ccc(F)cc1)C(=O)O. The predicted octanol–water partition coefficient (Wildman–Crippen LogP) is 2.44. The lowest BCUT2D eigenvalue weighted by Gasteiger charge is -2.16. The number of amides is 1. The maximum Gasteiger partial charge on any atom is 0.326 e. The van der Waals surface area contributed by atoms with Gasteiger partial charge in [0.25, 0.3) is 5.91 Å². The summed E-state index contributed by atoms with van der Waals surface area (Å²) in [5.74, 6) is -1.88. The minimum atomic E-state index is -1.08. The first kappa shape index (κ1) is 16.7. The molecular formula is C16H18FN3O3. The number of carbonyl (C=O) groups is 2. The fourth-order valence-electron chi connectivity index (χ4n) is 2.22.